The van der Waals surface area contributed by atoms with Crippen molar-refractivity contribution in [2.45, 2.75) is 37.8 Å². The van der Waals surface area contributed by atoms with Crippen molar-refractivity contribution in [2.75, 3.05) is 18.1 Å². The highest BCUT2D eigenvalue weighted by Crippen LogP contribution is 2.14. The molecule has 0 unspecified atom stereocenters. The second-order valence-corrected chi connectivity index (χ2v) is 6.70. The quantitative estimate of drug-likeness (QED) is 0.0775. The predicted molar refractivity (Wildman–Crippen MR) is 118 cm³/mol. The Morgan fingerprint density at radius 2 is 1.55 bits per heavy atom. The van der Waals surface area contributed by atoms with Gasteiger partial charge >= 0.3 is 11.2 Å². The average Bonchev–Trinajstić information content (AvgIpc) is 2.73. The number of nitrogens with one attached hydrogen (secondary N) is 5. The molecule has 0 aliphatic carbocycles. The van der Waals surface area contributed by atoms with Crippen LogP contribution in [0.4, 0.5) is 5.69 Å². The van der Waals surface area contributed by atoms with E-state index >= 15 is 0 Å². The monoisotopic (exact) mass is 434 g/mol. The minimum Gasteiger partial charge on any atom is -0.370 e. The standard InChI is InChI=1S/C18H30N10O3/c19-13(8-4-10-24-17(20)21)15(29)26-14(9-5-11-25-18(22)23)16(30)28(27-31)12-6-2-1-3-7-12/h1-3,6-7,13-14H,4-5,8-11,19H2,(H,26,29)(H4,20,21,24)(H4,22,23,25)/q+1/t13-,14-/m0/s1. The van der Waals surface area contributed by atoms with Crippen molar-refractivity contribution >= 4 is 29.4 Å². The Morgan fingerprint density at radius 1 is 1.00 bits per heavy atom. The van der Waals surface area contributed by atoms with Crippen LogP contribution in [-0.2, 0) is 9.59 Å². The van der Waals surface area contributed by atoms with Gasteiger partial charge in [0.25, 0.3) is 0 Å². The summed E-state index contributed by atoms with van der Waals surface area (Å²) in [6.07, 6.45) is 1.34. The zero-order valence-corrected chi connectivity index (χ0v) is 17.1. The maximum Gasteiger partial charge on any atom is 0.494 e. The van der Waals surface area contributed by atoms with Gasteiger partial charge in [0.05, 0.1) is 6.04 Å². The van der Waals surface area contributed by atoms with Crippen molar-refractivity contribution < 1.29 is 9.59 Å². The number of rotatable bonds is 13. The van der Waals surface area contributed by atoms with Crippen LogP contribution in [0.5, 0.6) is 0 Å². The van der Waals surface area contributed by atoms with Crippen molar-refractivity contribution in [3.63, 3.8) is 0 Å². The van der Waals surface area contributed by atoms with Gasteiger partial charge < -0.3 is 33.2 Å². The molecule has 13 heteroatoms. The predicted octanol–water partition coefficient (Wildman–Crippen LogP) is -1.62. The molecule has 2 amide bonds. The summed E-state index contributed by atoms with van der Waals surface area (Å²) in [5.41, 5.74) is 16.6. The highest BCUT2D eigenvalue weighted by molar-refractivity contribution is 5.98. The van der Waals surface area contributed by atoms with E-state index in [2.05, 4.69) is 21.2 Å². The first-order valence-corrected chi connectivity index (χ1v) is 9.70. The highest BCUT2D eigenvalue weighted by atomic mass is 16.3. The van der Waals surface area contributed by atoms with Crippen LogP contribution >= 0.6 is 0 Å². The normalized spacial score (nSPS) is 12.2. The van der Waals surface area contributed by atoms with Crippen LogP contribution in [0.2, 0.25) is 0 Å². The van der Waals surface area contributed by atoms with Crippen LogP contribution in [0.3, 0.4) is 0 Å². The summed E-state index contributed by atoms with van der Waals surface area (Å²) >= 11 is 0. The first-order valence-electron chi connectivity index (χ1n) is 9.70. The molecular weight excluding hydrogens is 404 g/mol. The lowest BCUT2D eigenvalue weighted by atomic mass is 10.1. The van der Waals surface area contributed by atoms with E-state index in [1.165, 1.54) is 0 Å². The van der Waals surface area contributed by atoms with Gasteiger partial charge in [0, 0.05) is 18.1 Å². The van der Waals surface area contributed by atoms with Crippen LogP contribution in [-0.4, -0.2) is 48.9 Å². The molecule has 0 spiro atoms. The van der Waals surface area contributed by atoms with E-state index in [9.17, 15) is 14.5 Å². The van der Waals surface area contributed by atoms with Crippen molar-refractivity contribution in [3.8, 4) is 0 Å². The maximum atomic E-state index is 12.9. The van der Waals surface area contributed by atoms with E-state index in [1.54, 1.807) is 30.3 Å². The zero-order chi connectivity index (χ0) is 23.2. The average molecular weight is 435 g/mol. The number of carbonyl (C=O) groups is 2. The van der Waals surface area contributed by atoms with Crippen LogP contribution in [0.15, 0.2) is 30.3 Å². The number of carbonyl (C=O) groups excluding carboxylic acids is 2. The van der Waals surface area contributed by atoms with Crippen molar-refractivity contribution in [2.24, 2.45) is 17.2 Å². The molecular formula is C18H30N10O3+. The highest BCUT2D eigenvalue weighted by Gasteiger charge is 2.35. The van der Waals surface area contributed by atoms with Gasteiger partial charge in [-0.2, -0.15) is 0 Å². The lowest BCUT2D eigenvalue weighted by molar-refractivity contribution is -0.128. The van der Waals surface area contributed by atoms with Crippen LogP contribution < -0.4 is 43.4 Å². The van der Waals surface area contributed by atoms with E-state index in [1.807, 2.05) is 0 Å². The fraction of sp³-hybridized carbons (Fsp3) is 0.444. The molecule has 1 aromatic rings. The van der Waals surface area contributed by atoms with E-state index in [4.69, 9.17) is 28.0 Å². The Balaban J connectivity index is 2.80. The Kier molecular flexibility index (Phi) is 11.0. The molecule has 11 N–H and O–H groups in total. The molecule has 0 saturated carbocycles. The summed E-state index contributed by atoms with van der Waals surface area (Å²) in [7, 11) is 0. The first-order chi connectivity index (χ1) is 14.8. The third kappa shape index (κ3) is 9.54. The SMILES string of the molecule is N=C(N)NCCC[C@H](NC(=O)[C@@H](N)CCCNC(=N)N)C(=O)N([N+]=O)c1ccccc1. The molecule has 0 fully saturated rings. The number of benzene rings is 1. The van der Waals surface area contributed by atoms with Gasteiger partial charge in [-0.05, 0) is 37.8 Å². The number of hydrogen-bond acceptors (Lipinski definition) is 7. The molecule has 0 heterocycles. The molecule has 1 rings (SSSR count). The van der Waals surface area contributed by atoms with Gasteiger partial charge in [-0.3, -0.25) is 20.4 Å². The molecule has 0 aliphatic rings. The summed E-state index contributed by atoms with van der Waals surface area (Å²) in [6.45, 7) is 0.684. The molecule has 0 aliphatic heterocycles. The van der Waals surface area contributed by atoms with Crippen LogP contribution in [0.1, 0.15) is 25.7 Å². The molecule has 2 atom stereocenters. The van der Waals surface area contributed by atoms with Crippen LogP contribution in [0.25, 0.3) is 0 Å². The van der Waals surface area contributed by atoms with E-state index in [0.717, 1.165) is 0 Å². The Morgan fingerprint density at radius 3 is 2.06 bits per heavy atom. The maximum absolute atomic E-state index is 12.9. The molecule has 169 valence electrons. The number of anilines is 1. The molecule has 1 radical (unpaired) electrons. The summed E-state index contributed by atoms with van der Waals surface area (Å²) in [4.78, 5) is 36.8. The summed E-state index contributed by atoms with van der Waals surface area (Å²) < 4.78 is 0. The fourth-order valence-corrected chi connectivity index (χ4v) is 2.67. The number of guanidine groups is 2. The third-order valence-electron chi connectivity index (χ3n) is 4.23. The topological polar surface area (TPSA) is 230 Å². The van der Waals surface area contributed by atoms with Crippen LogP contribution in [0, 0.1) is 15.7 Å². The van der Waals surface area contributed by atoms with Crippen molar-refractivity contribution in [3.05, 3.63) is 35.2 Å². The van der Waals surface area contributed by atoms with E-state index in [0.29, 0.717) is 37.4 Å². The van der Waals surface area contributed by atoms with Gasteiger partial charge in [-0.25, -0.2) is 0 Å². The molecule has 0 saturated heterocycles. The number of nitrogens with two attached hydrogens (primary N) is 3. The largest absolute Gasteiger partial charge is 0.494 e. The van der Waals surface area contributed by atoms with Crippen molar-refractivity contribution in [1.82, 2.24) is 21.2 Å². The second kappa shape index (κ2) is 13.5. The number of nitroso groups, excluding NO2 is 1. The third-order valence-corrected chi connectivity index (χ3v) is 4.23. The van der Waals surface area contributed by atoms with Gasteiger partial charge in [0.15, 0.2) is 11.9 Å². The van der Waals surface area contributed by atoms with Gasteiger partial charge in [-0.15, -0.1) is 0 Å². The van der Waals surface area contributed by atoms with Gasteiger partial charge in [0.2, 0.25) is 5.91 Å². The second-order valence-electron chi connectivity index (χ2n) is 6.70. The molecule has 13 nitrogen and oxygen atoms in total. The smallest absolute Gasteiger partial charge is 0.370 e. The molecule has 0 bridgehead atoms. The minimum atomic E-state index is -1.06. The van der Waals surface area contributed by atoms with Crippen molar-refractivity contribution in [1.29, 1.82) is 10.8 Å². The number of hydrogen-bond donors (Lipinski definition) is 8. The zero-order valence-electron chi connectivity index (χ0n) is 17.1. The molecule has 0 aromatic heterocycles. The minimum absolute atomic E-state index is 0.169. The Labute approximate surface area is 180 Å². The lowest BCUT2D eigenvalue weighted by Crippen LogP contribution is -2.53. The number of para-hydroxylation sites is 1. The number of nitrogens with zero attached hydrogens (tertiary/aromatic N) is 2. The molecule has 1 aromatic carbocycles. The summed E-state index contributed by atoms with van der Waals surface area (Å²) in [6, 6.07) is 6.16. The summed E-state index contributed by atoms with van der Waals surface area (Å²) in [5.74, 6) is -1.65. The fourth-order valence-electron chi connectivity index (χ4n) is 2.67. The van der Waals surface area contributed by atoms with E-state index in [-0.39, 0.29) is 24.0 Å². The van der Waals surface area contributed by atoms with Gasteiger partial charge in [-0.1, -0.05) is 18.2 Å². The first kappa shape index (κ1) is 25.3. The lowest BCUT2D eigenvalue weighted by Gasteiger charge is -2.20. The Hall–Kier alpha value is -3.74. The van der Waals surface area contributed by atoms with E-state index < -0.39 is 23.9 Å². The Bertz CT molecular complexity index is 758. The molecule has 31 heavy (non-hydrogen) atoms. The van der Waals surface area contributed by atoms with Gasteiger partial charge in [0.1, 0.15) is 16.6 Å². The summed E-state index contributed by atoms with van der Waals surface area (Å²) in [5, 5.41) is 25.6. The number of amides is 2.